The molecule has 1 fully saturated rings. The summed E-state index contributed by atoms with van der Waals surface area (Å²) in [5.41, 5.74) is 7.04. The van der Waals surface area contributed by atoms with Crippen LogP contribution in [0.3, 0.4) is 0 Å². The number of rotatable bonds is 4. The summed E-state index contributed by atoms with van der Waals surface area (Å²) in [4.78, 5) is 20.9. The number of carbonyl (C=O) groups is 1. The number of aryl methyl sites for hydroxylation is 1. The molecule has 20 heavy (non-hydrogen) atoms. The van der Waals surface area contributed by atoms with E-state index in [9.17, 15) is 4.79 Å². The number of anilines is 1. The fourth-order valence-electron chi connectivity index (χ4n) is 2.45. The van der Waals surface area contributed by atoms with Crippen LogP contribution in [0, 0.1) is 12.8 Å². The summed E-state index contributed by atoms with van der Waals surface area (Å²) in [5.74, 6) is 0.544. The molecule has 0 radical (unpaired) electrons. The first-order valence-electron chi connectivity index (χ1n) is 7.19. The maximum Gasteiger partial charge on any atom is 0.239 e. The Morgan fingerprint density at radius 3 is 2.55 bits per heavy atom. The molecule has 1 saturated heterocycles. The second kappa shape index (κ2) is 6.54. The third kappa shape index (κ3) is 3.70. The lowest BCUT2D eigenvalue weighted by Gasteiger charge is -2.36. The zero-order valence-electron chi connectivity index (χ0n) is 12.5. The van der Waals surface area contributed by atoms with Crippen molar-refractivity contribution in [3.63, 3.8) is 0 Å². The third-order valence-electron chi connectivity index (χ3n) is 3.51. The molecule has 6 heteroatoms. The highest BCUT2D eigenvalue weighted by atomic mass is 32.1. The Balaban J connectivity index is 1.86. The van der Waals surface area contributed by atoms with Crippen molar-refractivity contribution in [3.05, 3.63) is 11.1 Å². The monoisotopic (exact) mass is 296 g/mol. The van der Waals surface area contributed by atoms with Gasteiger partial charge in [0.05, 0.1) is 11.7 Å². The standard InChI is InChI=1S/C14H24N4OS/c1-10(2)8-12(15)13(19)17-4-6-18(7-5-17)14-16-11(3)9-20-14/h9-10,12H,4-8,15H2,1-3H3/t12-/m0/s1. The van der Waals surface area contributed by atoms with Crippen molar-refractivity contribution in [3.8, 4) is 0 Å². The lowest BCUT2D eigenvalue weighted by atomic mass is 10.0. The second-order valence-corrected chi connectivity index (χ2v) is 6.66. The average Bonchev–Trinajstić information content (AvgIpc) is 2.84. The van der Waals surface area contributed by atoms with Gasteiger partial charge in [-0.25, -0.2) is 4.98 Å². The average molecular weight is 296 g/mol. The van der Waals surface area contributed by atoms with E-state index in [0.29, 0.717) is 5.92 Å². The number of carbonyl (C=O) groups excluding carboxylic acids is 1. The molecule has 1 amide bonds. The van der Waals surface area contributed by atoms with Crippen LogP contribution in [0.4, 0.5) is 5.13 Å². The minimum Gasteiger partial charge on any atom is -0.345 e. The minimum absolute atomic E-state index is 0.0914. The predicted molar refractivity (Wildman–Crippen MR) is 83.1 cm³/mol. The van der Waals surface area contributed by atoms with Crippen molar-refractivity contribution in [2.45, 2.75) is 33.2 Å². The quantitative estimate of drug-likeness (QED) is 0.914. The molecule has 5 nitrogen and oxygen atoms in total. The molecule has 112 valence electrons. The molecular formula is C14H24N4OS. The number of nitrogens with zero attached hydrogens (tertiary/aromatic N) is 3. The number of nitrogens with two attached hydrogens (primary N) is 1. The molecule has 0 unspecified atom stereocenters. The first-order chi connectivity index (χ1) is 9.47. The SMILES string of the molecule is Cc1csc(N2CCN(C(=O)[C@@H](N)CC(C)C)CC2)n1. The lowest BCUT2D eigenvalue weighted by molar-refractivity contribution is -0.133. The Morgan fingerprint density at radius 2 is 2.05 bits per heavy atom. The number of hydrogen-bond acceptors (Lipinski definition) is 5. The van der Waals surface area contributed by atoms with Crippen molar-refractivity contribution < 1.29 is 4.79 Å². The zero-order valence-corrected chi connectivity index (χ0v) is 13.3. The maximum absolute atomic E-state index is 12.3. The van der Waals surface area contributed by atoms with Gasteiger partial charge in [-0.1, -0.05) is 13.8 Å². The molecule has 2 heterocycles. The summed E-state index contributed by atoms with van der Waals surface area (Å²) in [6.45, 7) is 9.35. The van der Waals surface area contributed by atoms with E-state index in [1.807, 2.05) is 11.8 Å². The molecule has 2 rings (SSSR count). The van der Waals surface area contributed by atoms with Gasteiger partial charge in [0, 0.05) is 31.6 Å². The van der Waals surface area contributed by atoms with Gasteiger partial charge >= 0.3 is 0 Å². The smallest absolute Gasteiger partial charge is 0.239 e. The highest BCUT2D eigenvalue weighted by molar-refractivity contribution is 7.13. The summed E-state index contributed by atoms with van der Waals surface area (Å²) in [5, 5.41) is 3.12. The summed E-state index contributed by atoms with van der Waals surface area (Å²) in [6, 6.07) is -0.358. The van der Waals surface area contributed by atoms with Crippen LogP contribution in [0.2, 0.25) is 0 Å². The number of hydrogen-bond donors (Lipinski definition) is 1. The molecule has 1 aromatic heterocycles. The topological polar surface area (TPSA) is 62.5 Å². The molecule has 1 atom stereocenters. The largest absolute Gasteiger partial charge is 0.345 e. The molecule has 0 aliphatic carbocycles. The van der Waals surface area contributed by atoms with Gasteiger partial charge in [0.25, 0.3) is 0 Å². The normalized spacial score (nSPS) is 17.6. The maximum atomic E-state index is 12.3. The molecule has 1 aromatic rings. The Hall–Kier alpha value is -1.14. The molecule has 1 aliphatic heterocycles. The van der Waals surface area contributed by atoms with Gasteiger partial charge in [-0.15, -0.1) is 11.3 Å². The van der Waals surface area contributed by atoms with E-state index in [1.165, 1.54) is 0 Å². The molecule has 1 aliphatic rings. The predicted octanol–water partition coefficient (Wildman–Crippen LogP) is 1.47. The first-order valence-corrected chi connectivity index (χ1v) is 8.06. The van der Waals surface area contributed by atoms with E-state index in [4.69, 9.17) is 5.73 Å². The van der Waals surface area contributed by atoms with E-state index in [0.717, 1.165) is 43.4 Å². The summed E-state index contributed by atoms with van der Waals surface area (Å²) >= 11 is 1.67. The third-order valence-corrected chi connectivity index (χ3v) is 4.53. The van der Waals surface area contributed by atoms with Crippen molar-refractivity contribution in [1.82, 2.24) is 9.88 Å². The van der Waals surface area contributed by atoms with Gasteiger partial charge in [0.2, 0.25) is 5.91 Å². The summed E-state index contributed by atoms with van der Waals surface area (Å²) in [6.07, 6.45) is 0.755. The van der Waals surface area contributed by atoms with Gasteiger partial charge in [0.1, 0.15) is 0 Å². The number of thiazole rings is 1. The number of amides is 1. The highest BCUT2D eigenvalue weighted by Crippen LogP contribution is 2.21. The van der Waals surface area contributed by atoms with Crippen LogP contribution >= 0.6 is 11.3 Å². The summed E-state index contributed by atoms with van der Waals surface area (Å²) in [7, 11) is 0. The van der Waals surface area contributed by atoms with E-state index in [1.54, 1.807) is 11.3 Å². The number of aromatic nitrogens is 1. The van der Waals surface area contributed by atoms with Gasteiger partial charge in [-0.05, 0) is 19.3 Å². The van der Waals surface area contributed by atoms with Gasteiger partial charge < -0.3 is 15.5 Å². The lowest BCUT2D eigenvalue weighted by Crippen LogP contribution is -2.53. The molecule has 0 saturated carbocycles. The second-order valence-electron chi connectivity index (χ2n) is 5.82. The first kappa shape index (κ1) is 15.3. The van der Waals surface area contributed by atoms with Crippen LogP contribution in [0.1, 0.15) is 26.0 Å². The highest BCUT2D eigenvalue weighted by Gasteiger charge is 2.26. The zero-order chi connectivity index (χ0) is 14.7. The Kier molecular flexibility index (Phi) is 4.99. The fourth-order valence-corrected chi connectivity index (χ4v) is 3.31. The van der Waals surface area contributed by atoms with Crippen LogP contribution in [0.5, 0.6) is 0 Å². The van der Waals surface area contributed by atoms with Crippen LogP contribution in [0.25, 0.3) is 0 Å². The van der Waals surface area contributed by atoms with Gasteiger partial charge in [-0.3, -0.25) is 4.79 Å². The van der Waals surface area contributed by atoms with Crippen molar-refractivity contribution in [2.24, 2.45) is 11.7 Å². The minimum atomic E-state index is -0.358. The fraction of sp³-hybridized carbons (Fsp3) is 0.714. The van der Waals surface area contributed by atoms with Crippen LogP contribution in [-0.4, -0.2) is 48.0 Å². The van der Waals surface area contributed by atoms with E-state index >= 15 is 0 Å². The molecule has 0 aromatic carbocycles. The number of piperazine rings is 1. The molecule has 2 N–H and O–H groups in total. The van der Waals surface area contributed by atoms with E-state index in [2.05, 4.69) is 29.1 Å². The van der Waals surface area contributed by atoms with Crippen LogP contribution in [0.15, 0.2) is 5.38 Å². The van der Waals surface area contributed by atoms with Crippen molar-refractivity contribution in [1.29, 1.82) is 0 Å². The molecular weight excluding hydrogens is 272 g/mol. The Labute approximate surface area is 124 Å². The van der Waals surface area contributed by atoms with Gasteiger partial charge in [0.15, 0.2) is 5.13 Å². The Bertz CT molecular complexity index is 452. The van der Waals surface area contributed by atoms with Crippen LogP contribution in [-0.2, 0) is 4.79 Å². The Morgan fingerprint density at radius 1 is 1.40 bits per heavy atom. The molecule has 0 bridgehead atoms. The van der Waals surface area contributed by atoms with Crippen molar-refractivity contribution in [2.75, 3.05) is 31.1 Å². The van der Waals surface area contributed by atoms with E-state index < -0.39 is 0 Å². The molecule has 0 spiro atoms. The van der Waals surface area contributed by atoms with Gasteiger partial charge in [-0.2, -0.15) is 0 Å². The van der Waals surface area contributed by atoms with Crippen LogP contribution < -0.4 is 10.6 Å². The summed E-state index contributed by atoms with van der Waals surface area (Å²) < 4.78 is 0. The van der Waals surface area contributed by atoms with Crippen molar-refractivity contribution >= 4 is 22.4 Å². The van der Waals surface area contributed by atoms with E-state index in [-0.39, 0.29) is 11.9 Å².